The number of primary amides is 1. The van der Waals surface area contributed by atoms with Crippen molar-refractivity contribution in [2.24, 2.45) is 5.73 Å². The Kier molecular flexibility index (Phi) is 1.53. The average molecular weight is 126 g/mol. The Bertz CT molecular complexity index is 153. The lowest BCUT2D eigenvalue weighted by Crippen LogP contribution is -2.37. The maximum absolute atomic E-state index is 10.5. The largest absolute Gasteiger partial charge is 0.368 e. The molecular weight excluding hydrogens is 116 g/mol. The van der Waals surface area contributed by atoms with Crippen LogP contribution in [0.4, 0.5) is 0 Å². The quantitative estimate of drug-likeness (QED) is 0.460. The van der Waals surface area contributed by atoms with Gasteiger partial charge in [0.1, 0.15) is 6.04 Å². The highest BCUT2D eigenvalue weighted by molar-refractivity contribution is 5.83. The van der Waals surface area contributed by atoms with Gasteiger partial charge in [0.25, 0.3) is 0 Å². The molecule has 0 aromatic heterocycles. The topological polar surface area (TPSA) is 55.1 Å². The van der Waals surface area contributed by atoms with E-state index in [0.717, 1.165) is 18.5 Å². The summed E-state index contributed by atoms with van der Waals surface area (Å²) in [4.78, 5) is 10.5. The predicted octanol–water partition coefficient (Wildman–Crippen LogP) is -0.610. The highest BCUT2D eigenvalue weighted by Gasteiger charge is 2.22. The Morgan fingerprint density at radius 1 is 1.89 bits per heavy atom. The van der Waals surface area contributed by atoms with Gasteiger partial charge in [0.05, 0.1) is 0 Å². The summed E-state index contributed by atoms with van der Waals surface area (Å²) < 4.78 is 0. The molecule has 0 aromatic rings. The van der Waals surface area contributed by atoms with Gasteiger partial charge in [-0.1, -0.05) is 6.58 Å². The first-order valence-electron chi connectivity index (χ1n) is 2.92. The van der Waals surface area contributed by atoms with Crippen LogP contribution in [0.5, 0.6) is 0 Å². The first-order valence-corrected chi connectivity index (χ1v) is 2.92. The second-order valence-electron chi connectivity index (χ2n) is 2.20. The molecule has 0 spiro atoms. The van der Waals surface area contributed by atoms with E-state index < -0.39 is 0 Å². The molecule has 3 N–H and O–H groups in total. The average Bonchev–Trinajstić information content (AvgIpc) is 2.13. The van der Waals surface area contributed by atoms with Gasteiger partial charge in [-0.05, 0) is 18.5 Å². The van der Waals surface area contributed by atoms with E-state index in [2.05, 4.69) is 11.9 Å². The maximum Gasteiger partial charge on any atom is 0.238 e. The summed E-state index contributed by atoms with van der Waals surface area (Å²) in [5.41, 5.74) is 5.93. The summed E-state index contributed by atoms with van der Waals surface area (Å²) in [6, 6.07) is -0.273. The van der Waals surface area contributed by atoms with E-state index in [1.807, 2.05) is 0 Å². The van der Waals surface area contributed by atoms with Crippen LogP contribution in [0, 0.1) is 0 Å². The summed E-state index contributed by atoms with van der Waals surface area (Å²) in [5.74, 6) is -0.322. The molecular formula is C6H10N2O. The number of hydrogen-bond acceptors (Lipinski definition) is 2. The van der Waals surface area contributed by atoms with Gasteiger partial charge < -0.3 is 11.1 Å². The Morgan fingerprint density at radius 3 is 2.78 bits per heavy atom. The zero-order valence-corrected chi connectivity index (χ0v) is 5.18. The number of hydrogen-bond donors (Lipinski definition) is 2. The molecule has 1 aliphatic heterocycles. The molecule has 1 rings (SSSR count). The second kappa shape index (κ2) is 2.19. The Morgan fingerprint density at radius 2 is 2.56 bits per heavy atom. The maximum atomic E-state index is 10.5. The predicted molar refractivity (Wildman–Crippen MR) is 34.7 cm³/mol. The van der Waals surface area contributed by atoms with Gasteiger partial charge in [-0.15, -0.1) is 0 Å². The lowest BCUT2D eigenvalue weighted by molar-refractivity contribution is -0.118. The summed E-state index contributed by atoms with van der Waals surface area (Å²) in [6.07, 6.45) is 0.869. The lowest BCUT2D eigenvalue weighted by Gasteiger charge is -2.04. The Labute approximate surface area is 53.9 Å². The number of carbonyl (C=O) groups is 1. The van der Waals surface area contributed by atoms with Crippen LogP contribution in [-0.2, 0) is 4.79 Å². The van der Waals surface area contributed by atoms with Crippen molar-refractivity contribution in [3.63, 3.8) is 0 Å². The van der Waals surface area contributed by atoms with E-state index in [1.165, 1.54) is 0 Å². The molecule has 1 saturated heterocycles. The molecule has 0 radical (unpaired) electrons. The van der Waals surface area contributed by atoms with Crippen molar-refractivity contribution in [1.82, 2.24) is 5.32 Å². The van der Waals surface area contributed by atoms with E-state index in [1.54, 1.807) is 0 Å². The molecule has 1 atom stereocenters. The van der Waals surface area contributed by atoms with E-state index in [9.17, 15) is 4.79 Å². The normalized spacial score (nSPS) is 26.7. The monoisotopic (exact) mass is 126 g/mol. The molecule has 50 valence electrons. The number of rotatable bonds is 1. The Hall–Kier alpha value is -0.830. The molecule has 9 heavy (non-hydrogen) atoms. The first kappa shape index (κ1) is 6.29. The highest BCUT2D eigenvalue weighted by Crippen LogP contribution is 2.09. The third-order valence-electron chi connectivity index (χ3n) is 1.49. The number of amides is 1. The molecule has 0 aliphatic carbocycles. The molecule has 1 heterocycles. The molecule has 1 fully saturated rings. The van der Waals surface area contributed by atoms with Gasteiger partial charge in [0.15, 0.2) is 0 Å². The van der Waals surface area contributed by atoms with Crippen LogP contribution in [0.1, 0.15) is 6.42 Å². The zero-order valence-electron chi connectivity index (χ0n) is 5.18. The molecule has 1 amide bonds. The first-order chi connectivity index (χ1) is 4.22. The number of nitrogens with two attached hydrogens (primary N) is 1. The van der Waals surface area contributed by atoms with Crippen LogP contribution < -0.4 is 11.1 Å². The minimum Gasteiger partial charge on any atom is -0.368 e. The number of nitrogens with one attached hydrogen (secondary N) is 1. The molecule has 1 aliphatic rings. The standard InChI is InChI=1S/C6H10N2O/c1-4-2-3-8-5(4)6(7)9/h5,8H,1-3H2,(H2,7,9)/t5-/m0/s1. The van der Waals surface area contributed by atoms with E-state index >= 15 is 0 Å². The fourth-order valence-corrected chi connectivity index (χ4v) is 0.968. The fraction of sp³-hybridized carbons (Fsp3) is 0.500. The lowest BCUT2D eigenvalue weighted by atomic mass is 10.1. The van der Waals surface area contributed by atoms with Crippen LogP contribution in [0.25, 0.3) is 0 Å². The third-order valence-corrected chi connectivity index (χ3v) is 1.49. The van der Waals surface area contributed by atoms with Crippen LogP contribution >= 0.6 is 0 Å². The summed E-state index contributed by atoms with van der Waals surface area (Å²) >= 11 is 0. The Balaban J connectivity index is 2.60. The van der Waals surface area contributed by atoms with Crippen molar-refractivity contribution >= 4 is 5.91 Å². The highest BCUT2D eigenvalue weighted by atomic mass is 16.1. The zero-order chi connectivity index (χ0) is 6.85. The molecule has 0 unspecified atom stereocenters. The SMILES string of the molecule is C=C1CCN[C@@H]1C(N)=O. The van der Waals surface area contributed by atoms with Crippen LogP contribution in [0.3, 0.4) is 0 Å². The van der Waals surface area contributed by atoms with Crippen LogP contribution in [-0.4, -0.2) is 18.5 Å². The van der Waals surface area contributed by atoms with Crippen LogP contribution in [0.2, 0.25) is 0 Å². The summed E-state index contributed by atoms with van der Waals surface area (Å²) in [6.45, 7) is 4.52. The molecule has 3 nitrogen and oxygen atoms in total. The third kappa shape index (κ3) is 1.10. The van der Waals surface area contributed by atoms with Gasteiger partial charge >= 0.3 is 0 Å². The van der Waals surface area contributed by atoms with Crippen molar-refractivity contribution in [2.45, 2.75) is 12.5 Å². The van der Waals surface area contributed by atoms with Gasteiger partial charge in [0.2, 0.25) is 5.91 Å². The molecule has 0 bridgehead atoms. The van der Waals surface area contributed by atoms with Gasteiger partial charge in [-0.2, -0.15) is 0 Å². The summed E-state index contributed by atoms with van der Waals surface area (Å²) in [7, 11) is 0. The van der Waals surface area contributed by atoms with Gasteiger partial charge in [-0.3, -0.25) is 4.79 Å². The molecule has 3 heteroatoms. The van der Waals surface area contributed by atoms with E-state index in [-0.39, 0.29) is 11.9 Å². The van der Waals surface area contributed by atoms with Gasteiger partial charge in [0, 0.05) is 0 Å². The second-order valence-corrected chi connectivity index (χ2v) is 2.20. The number of carbonyl (C=O) groups excluding carboxylic acids is 1. The van der Waals surface area contributed by atoms with E-state index in [4.69, 9.17) is 5.73 Å². The fourth-order valence-electron chi connectivity index (χ4n) is 0.968. The van der Waals surface area contributed by atoms with Crippen molar-refractivity contribution in [3.05, 3.63) is 12.2 Å². The van der Waals surface area contributed by atoms with Crippen molar-refractivity contribution < 1.29 is 4.79 Å². The van der Waals surface area contributed by atoms with Crippen molar-refractivity contribution in [1.29, 1.82) is 0 Å². The molecule has 0 saturated carbocycles. The van der Waals surface area contributed by atoms with Crippen LogP contribution in [0.15, 0.2) is 12.2 Å². The van der Waals surface area contributed by atoms with Gasteiger partial charge in [-0.25, -0.2) is 0 Å². The van der Waals surface area contributed by atoms with Crippen molar-refractivity contribution in [3.8, 4) is 0 Å². The van der Waals surface area contributed by atoms with E-state index in [0.29, 0.717) is 0 Å². The minimum atomic E-state index is -0.322. The smallest absolute Gasteiger partial charge is 0.238 e. The van der Waals surface area contributed by atoms with Crippen molar-refractivity contribution in [2.75, 3.05) is 6.54 Å². The summed E-state index contributed by atoms with van der Waals surface area (Å²) in [5, 5.41) is 2.93. The minimum absolute atomic E-state index is 0.273. The molecule has 0 aromatic carbocycles.